The molecule has 0 spiro atoms. The first-order valence-electron chi connectivity index (χ1n) is 9.72. The van der Waals surface area contributed by atoms with E-state index in [9.17, 15) is 0 Å². The number of ether oxygens (including phenoxy) is 4. The highest BCUT2D eigenvalue weighted by Gasteiger charge is 2.34. The molecule has 0 amide bonds. The van der Waals surface area contributed by atoms with Gasteiger partial charge in [-0.3, -0.25) is 0 Å². The molecule has 1 aliphatic carbocycles. The molecular formula is C21H34O5. The van der Waals surface area contributed by atoms with Crippen LogP contribution in [0.5, 0.6) is 23.0 Å². The molecule has 148 valence electrons. The van der Waals surface area contributed by atoms with Crippen molar-refractivity contribution in [1.82, 2.24) is 0 Å². The molecule has 1 atom stereocenters. The fourth-order valence-electron chi connectivity index (χ4n) is 4.16. The van der Waals surface area contributed by atoms with Crippen LogP contribution in [0.3, 0.4) is 0 Å². The molecule has 0 saturated heterocycles. The molecule has 1 N–H and O–H groups in total. The number of methoxy groups -OCH3 is 4. The molecule has 26 heavy (non-hydrogen) atoms. The van der Waals surface area contributed by atoms with E-state index in [2.05, 4.69) is 0 Å². The van der Waals surface area contributed by atoms with Crippen LogP contribution in [0.1, 0.15) is 68.4 Å². The number of aliphatic hydroxyl groups is 1. The smallest absolute Gasteiger partial charge is 0.207 e. The Hall–Kier alpha value is -1.62. The Balaban J connectivity index is 2.12. The molecule has 5 nitrogen and oxygen atoms in total. The van der Waals surface area contributed by atoms with E-state index in [1.54, 1.807) is 28.4 Å². The second-order valence-electron chi connectivity index (χ2n) is 6.89. The van der Waals surface area contributed by atoms with Crippen molar-refractivity contribution in [3.05, 3.63) is 11.1 Å². The highest BCUT2D eigenvalue weighted by Crippen LogP contribution is 2.56. The van der Waals surface area contributed by atoms with Crippen molar-refractivity contribution in [1.29, 1.82) is 0 Å². The van der Waals surface area contributed by atoms with Crippen molar-refractivity contribution >= 4 is 0 Å². The van der Waals surface area contributed by atoms with Crippen molar-refractivity contribution in [3.63, 3.8) is 0 Å². The molecule has 0 saturated carbocycles. The van der Waals surface area contributed by atoms with Crippen molar-refractivity contribution < 1.29 is 24.1 Å². The lowest BCUT2D eigenvalue weighted by Crippen LogP contribution is -2.05. The Morgan fingerprint density at radius 1 is 0.731 bits per heavy atom. The van der Waals surface area contributed by atoms with Crippen LogP contribution in [0, 0.1) is 0 Å². The van der Waals surface area contributed by atoms with E-state index in [1.807, 2.05) is 0 Å². The molecular weight excluding hydrogens is 332 g/mol. The molecule has 1 aliphatic rings. The summed E-state index contributed by atoms with van der Waals surface area (Å²) in [4.78, 5) is 0. The Labute approximate surface area is 157 Å². The standard InChI is InChI=1S/C21H34O5/c1-23-18-16-13-12-15(11-9-7-5-6-8-10-14-22)17(16)19(24-2)21(26-4)20(18)25-3/h15,22H,5-14H2,1-4H3. The SMILES string of the molecule is COc1c2c(c(OC)c(OC)c1OC)C(CCCCCCCCO)CC2. The fraction of sp³-hybridized carbons (Fsp3) is 0.714. The monoisotopic (exact) mass is 366 g/mol. The average Bonchev–Trinajstić information content (AvgIpc) is 3.08. The Morgan fingerprint density at radius 2 is 1.27 bits per heavy atom. The molecule has 0 heterocycles. The minimum Gasteiger partial charge on any atom is -0.492 e. The van der Waals surface area contributed by atoms with Gasteiger partial charge in [0.15, 0.2) is 11.5 Å². The van der Waals surface area contributed by atoms with E-state index in [1.165, 1.54) is 36.8 Å². The quantitative estimate of drug-likeness (QED) is 0.553. The van der Waals surface area contributed by atoms with Gasteiger partial charge in [0.25, 0.3) is 0 Å². The molecule has 5 heteroatoms. The third kappa shape index (κ3) is 4.37. The number of rotatable bonds is 12. The predicted octanol–water partition coefficient (Wildman–Crippen LogP) is 4.47. The van der Waals surface area contributed by atoms with Crippen LogP contribution in [-0.4, -0.2) is 40.2 Å². The number of aliphatic hydroxyl groups excluding tert-OH is 1. The number of unbranched alkanes of at least 4 members (excludes halogenated alkanes) is 5. The van der Waals surface area contributed by atoms with Gasteiger partial charge in [0, 0.05) is 17.7 Å². The first kappa shape index (κ1) is 20.7. The summed E-state index contributed by atoms with van der Waals surface area (Å²) in [7, 11) is 6.66. The van der Waals surface area contributed by atoms with Gasteiger partial charge in [-0.2, -0.15) is 0 Å². The van der Waals surface area contributed by atoms with Crippen LogP contribution in [0.25, 0.3) is 0 Å². The molecule has 0 bridgehead atoms. The van der Waals surface area contributed by atoms with Gasteiger partial charge in [-0.05, 0) is 31.6 Å². The summed E-state index contributed by atoms with van der Waals surface area (Å²) in [5.41, 5.74) is 2.44. The van der Waals surface area contributed by atoms with Gasteiger partial charge in [-0.15, -0.1) is 0 Å². The van der Waals surface area contributed by atoms with Gasteiger partial charge in [0.1, 0.15) is 0 Å². The maximum Gasteiger partial charge on any atom is 0.207 e. The summed E-state index contributed by atoms with van der Waals surface area (Å²) in [6, 6.07) is 0. The van der Waals surface area contributed by atoms with E-state index in [-0.39, 0.29) is 0 Å². The summed E-state index contributed by atoms with van der Waals surface area (Å²) in [6.45, 7) is 0.311. The third-order valence-corrected chi connectivity index (χ3v) is 5.39. The van der Waals surface area contributed by atoms with Crippen molar-refractivity contribution in [3.8, 4) is 23.0 Å². The Morgan fingerprint density at radius 3 is 1.85 bits per heavy atom. The predicted molar refractivity (Wildman–Crippen MR) is 103 cm³/mol. The summed E-state index contributed by atoms with van der Waals surface area (Å²) in [5.74, 6) is 3.31. The number of benzene rings is 1. The summed E-state index contributed by atoms with van der Waals surface area (Å²) in [6.07, 6.45) is 10.2. The Kier molecular flexibility index (Phi) is 8.36. The third-order valence-electron chi connectivity index (χ3n) is 5.39. The minimum absolute atomic E-state index is 0.311. The second kappa shape index (κ2) is 10.5. The Bertz CT molecular complexity index is 570. The molecule has 1 aromatic carbocycles. The zero-order valence-corrected chi connectivity index (χ0v) is 16.7. The first-order valence-corrected chi connectivity index (χ1v) is 9.72. The molecule has 0 aromatic heterocycles. The molecule has 0 fully saturated rings. The van der Waals surface area contributed by atoms with Crippen molar-refractivity contribution in [2.24, 2.45) is 0 Å². The van der Waals surface area contributed by atoms with E-state index < -0.39 is 0 Å². The van der Waals surface area contributed by atoms with Crippen molar-refractivity contribution in [2.75, 3.05) is 35.0 Å². The molecule has 0 aliphatic heterocycles. The number of hydrogen-bond donors (Lipinski definition) is 1. The lowest BCUT2D eigenvalue weighted by molar-refractivity contribution is 0.282. The highest BCUT2D eigenvalue weighted by atomic mass is 16.5. The molecule has 1 aromatic rings. The normalized spacial score (nSPS) is 15.7. The topological polar surface area (TPSA) is 57.2 Å². The second-order valence-corrected chi connectivity index (χ2v) is 6.89. The summed E-state index contributed by atoms with van der Waals surface area (Å²) >= 11 is 0. The van der Waals surface area contributed by atoms with Gasteiger partial charge >= 0.3 is 0 Å². The largest absolute Gasteiger partial charge is 0.492 e. The van der Waals surface area contributed by atoms with E-state index in [0.29, 0.717) is 24.0 Å². The van der Waals surface area contributed by atoms with Gasteiger partial charge in [-0.1, -0.05) is 32.1 Å². The zero-order chi connectivity index (χ0) is 18.9. The number of fused-ring (bicyclic) bond motifs is 1. The van der Waals surface area contributed by atoms with Gasteiger partial charge < -0.3 is 24.1 Å². The van der Waals surface area contributed by atoms with E-state index in [0.717, 1.165) is 43.6 Å². The van der Waals surface area contributed by atoms with Gasteiger partial charge in [0.05, 0.1) is 28.4 Å². The van der Waals surface area contributed by atoms with Crippen molar-refractivity contribution in [2.45, 2.75) is 63.7 Å². The van der Waals surface area contributed by atoms with Crippen LogP contribution in [0.4, 0.5) is 0 Å². The van der Waals surface area contributed by atoms with Gasteiger partial charge in [0.2, 0.25) is 11.5 Å². The summed E-state index contributed by atoms with van der Waals surface area (Å²) < 4.78 is 22.6. The zero-order valence-electron chi connectivity index (χ0n) is 16.7. The molecule has 2 rings (SSSR count). The lowest BCUT2D eigenvalue weighted by atomic mass is 9.93. The van der Waals surface area contributed by atoms with E-state index in [4.69, 9.17) is 24.1 Å². The van der Waals surface area contributed by atoms with Crippen LogP contribution >= 0.6 is 0 Å². The molecule has 0 radical (unpaired) electrons. The van der Waals surface area contributed by atoms with Crippen LogP contribution < -0.4 is 18.9 Å². The maximum atomic E-state index is 8.84. The van der Waals surface area contributed by atoms with Crippen LogP contribution in [0.15, 0.2) is 0 Å². The minimum atomic E-state index is 0.311. The lowest BCUT2D eigenvalue weighted by Gasteiger charge is -2.22. The number of hydrogen-bond acceptors (Lipinski definition) is 5. The maximum absolute atomic E-state index is 8.84. The molecule has 1 unspecified atom stereocenters. The fourth-order valence-corrected chi connectivity index (χ4v) is 4.16. The van der Waals surface area contributed by atoms with E-state index >= 15 is 0 Å². The first-order chi connectivity index (χ1) is 12.7. The highest BCUT2D eigenvalue weighted by molar-refractivity contribution is 5.69. The summed E-state index contributed by atoms with van der Waals surface area (Å²) in [5, 5.41) is 8.84. The van der Waals surface area contributed by atoms with Crippen LogP contribution in [-0.2, 0) is 6.42 Å². The van der Waals surface area contributed by atoms with Crippen LogP contribution in [0.2, 0.25) is 0 Å². The average molecular weight is 366 g/mol. The van der Waals surface area contributed by atoms with Gasteiger partial charge in [-0.25, -0.2) is 0 Å².